The lowest BCUT2D eigenvalue weighted by molar-refractivity contribution is -0.137. The van der Waals surface area contributed by atoms with Crippen molar-refractivity contribution in [1.29, 1.82) is 0 Å². The highest BCUT2D eigenvalue weighted by molar-refractivity contribution is 9.10. The fourth-order valence-electron chi connectivity index (χ4n) is 2.03. The molecule has 0 radical (unpaired) electrons. The molecule has 6 heteroatoms. The lowest BCUT2D eigenvalue weighted by Gasteiger charge is -2.16. The first kappa shape index (κ1) is 16.0. The Hall–Kier alpha value is -1.40. The van der Waals surface area contributed by atoms with Gasteiger partial charge in [-0.05, 0) is 42.3 Å². The Labute approximate surface area is 127 Å². The van der Waals surface area contributed by atoms with Crippen molar-refractivity contribution in [2.75, 3.05) is 0 Å². The number of halogens is 5. The van der Waals surface area contributed by atoms with Crippen LogP contribution in [0.1, 0.15) is 22.7 Å². The Bertz CT molecular complexity index is 640. The van der Waals surface area contributed by atoms with Gasteiger partial charge in [0.1, 0.15) is 5.82 Å². The third kappa shape index (κ3) is 4.04. The van der Waals surface area contributed by atoms with Crippen LogP contribution in [0.2, 0.25) is 0 Å². The minimum absolute atomic E-state index is 0.134. The summed E-state index contributed by atoms with van der Waals surface area (Å²) in [7, 11) is 0. The summed E-state index contributed by atoms with van der Waals surface area (Å²) in [5.74, 6) is -0.731. The summed E-state index contributed by atoms with van der Waals surface area (Å²) in [6.07, 6.45) is -4.27. The molecule has 0 spiro atoms. The van der Waals surface area contributed by atoms with Gasteiger partial charge in [0.2, 0.25) is 0 Å². The van der Waals surface area contributed by atoms with E-state index in [0.29, 0.717) is 6.07 Å². The van der Waals surface area contributed by atoms with Crippen molar-refractivity contribution in [3.05, 3.63) is 69.4 Å². The zero-order valence-corrected chi connectivity index (χ0v) is 12.4. The molecular formula is C15H12BrF4N. The first-order valence-corrected chi connectivity index (χ1v) is 6.93. The molecule has 0 fully saturated rings. The third-order valence-electron chi connectivity index (χ3n) is 3.07. The van der Waals surface area contributed by atoms with Crippen molar-refractivity contribution in [2.45, 2.75) is 18.6 Å². The maximum absolute atomic E-state index is 13.7. The summed E-state index contributed by atoms with van der Waals surface area (Å²) in [5.41, 5.74) is 5.65. The lowest BCUT2D eigenvalue weighted by Crippen LogP contribution is -2.17. The molecule has 2 rings (SSSR count). The van der Waals surface area contributed by atoms with Crippen LogP contribution < -0.4 is 5.73 Å². The molecule has 0 aliphatic carbocycles. The minimum atomic E-state index is -4.52. The summed E-state index contributed by atoms with van der Waals surface area (Å²) < 4.78 is 52.6. The van der Waals surface area contributed by atoms with E-state index in [1.165, 1.54) is 0 Å². The molecule has 2 aromatic rings. The predicted molar refractivity (Wildman–Crippen MR) is 76.2 cm³/mol. The number of nitrogens with two attached hydrogens (primary N) is 1. The van der Waals surface area contributed by atoms with E-state index in [4.69, 9.17) is 5.73 Å². The molecule has 0 bridgehead atoms. The van der Waals surface area contributed by atoms with Gasteiger partial charge in [-0.2, -0.15) is 13.2 Å². The van der Waals surface area contributed by atoms with Crippen LogP contribution in [-0.2, 0) is 12.6 Å². The van der Waals surface area contributed by atoms with Gasteiger partial charge in [-0.1, -0.05) is 28.1 Å². The first-order valence-electron chi connectivity index (χ1n) is 6.14. The zero-order valence-electron chi connectivity index (χ0n) is 10.8. The van der Waals surface area contributed by atoms with Gasteiger partial charge in [-0.25, -0.2) is 4.39 Å². The molecule has 0 aromatic heterocycles. The molecule has 0 saturated heterocycles. The average Bonchev–Trinajstić information content (AvgIpc) is 2.37. The van der Waals surface area contributed by atoms with E-state index in [-0.39, 0.29) is 12.0 Å². The number of benzene rings is 2. The van der Waals surface area contributed by atoms with Crippen LogP contribution in [0, 0.1) is 5.82 Å². The molecular weight excluding hydrogens is 350 g/mol. The Morgan fingerprint density at radius 1 is 1.10 bits per heavy atom. The second-order valence-corrected chi connectivity index (χ2v) is 5.59. The molecule has 112 valence electrons. The molecule has 0 heterocycles. The van der Waals surface area contributed by atoms with Crippen LogP contribution in [0.3, 0.4) is 0 Å². The maximum Gasteiger partial charge on any atom is 0.416 e. The summed E-state index contributed by atoms with van der Waals surface area (Å²) in [4.78, 5) is 0. The fraction of sp³-hybridized carbons (Fsp3) is 0.200. The number of hydrogen-bond donors (Lipinski definition) is 1. The number of alkyl halides is 3. The Balaban J connectivity index is 2.28. The molecule has 1 atom stereocenters. The van der Waals surface area contributed by atoms with Crippen molar-refractivity contribution in [3.8, 4) is 0 Å². The fourth-order valence-corrected chi connectivity index (χ4v) is 2.48. The van der Waals surface area contributed by atoms with Crippen molar-refractivity contribution >= 4 is 15.9 Å². The van der Waals surface area contributed by atoms with Gasteiger partial charge in [0.15, 0.2) is 0 Å². The standard InChI is InChI=1S/C15H12BrF4N/c16-11-3-1-2-9(6-11)7-14(21)12-8-10(15(18,19)20)4-5-13(12)17/h1-6,8,14H,7,21H2. The summed E-state index contributed by atoms with van der Waals surface area (Å²) in [6.45, 7) is 0. The Kier molecular flexibility index (Phi) is 4.68. The second-order valence-electron chi connectivity index (χ2n) is 4.67. The summed E-state index contributed by atoms with van der Waals surface area (Å²) in [6, 6.07) is 8.64. The smallest absolute Gasteiger partial charge is 0.324 e. The van der Waals surface area contributed by atoms with E-state index in [1.54, 1.807) is 18.2 Å². The molecule has 21 heavy (non-hydrogen) atoms. The zero-order chi connectivity index (χ0) is 15.6. The molecule has 2 N–H and O–H groups in total. The lowest BCUT2D eigenvalue weighted by atomic mass is 9.97. The van der Waals surface area contributed by atoms with Crippen LogP contribution in [0.25, 0.3) is 0 Å². The van der Waals surface area contributed by atoms with Gasteiger partial charge in [-0.15, -0.1) is 0 Å². The van der Waals surface area contributed by atoms with Crippen molar-refractivity contribution in [2.24, 2.45) is 5.73 Å². The number of hydrogen-bond acceptors (Lipinski definition) is 1. The molecule has 2 aromatic carbocycles. The highest BCUT2D eigenvalue weighted by Crippen LogP contribution is 2.32. The molecule has 1 nitrogen and oxygen atoms in total. The van der Waals surface area contributed by atoms with E-state index in [0.717, 1.165) is 22.2 Å². The molecule has 0 amide bonds. The SMILES string of the molecule is NC(Cc1cccc(Br)c1)c1cc(C(F)(F)F)ccc1F. The van der Waals surface area contributed by atoms with E-state index in [9.17, 15) is 17.6 Å². The average molecular weight is 362 g/mol. The molecule has 0 saturated carbocycles. The van der Waals surface area contributed by atoms with Gasteiger partial charge >= 0.3 is 6.18 Å². The van der Waals surface area contributed by atoms with E-state index in [1.807, 2.05) is 6.07 Å². The second kappa shape index (κ2) is 6.15. The van der Waals surface area contributed by atoms with Gasteiger partial charge < -0.3 is 5.73 Å². The molecule has 0 aliphatic heterocycles. The normalized spacial score (nSPS) is 13.2. The van der Waals surface area contributed by atoms with Crippen LogP contribution in [0.5, 0.6) is 0 Å². The van der Waals surface area contributed by atoms with Crippen LogP contribution in [0.15, 0.2) is 46.9 Å². The molecule has 0 aliphatic rings. The van der Waals surface area contributed by atoms with E-state index in [2.05, 4.69) is 15.9 Å². The van der Waals surface area contributed by atoms with Gasteiger partial charge in [-0.3, -0.25) is 0 Å². The number of rotatable bonds is 3. The van der Waals surface area contributed by atoms with Crippen LogP contribution in [0.4, 0.5) is 17.6 Å². The van der Waals surface area contributed by atoms with E-state index >= 15 is 0 Å². The Morgan fingerprint density at radius 2 is 1.81 bits per heavy atom. The van der Waals surface area contributed by atoms with Crippen LogP contribution in [-0.4, -0.2) is 0 Å². The van der Waals surface area contributed by atoms with Gasteiger partial charge in [0, 0.05) is 16.1 Å². The first-order chi connectivity index (χ1) is 9.77. The highest BCUT2D eigenvalue weighted by atomic mass is 79.9. The van der Waals surface area contributed by atoms with Gasteiger partial charge in [0.05, 0.1) is 5.56 Å². The van der Waals surface area contributed by atoms with Crippen LogP contribution >= 0.6 is 15.9 Å². The minimum Gasteiger partial charge on any atom is -0.324 e. The third-order valence-corrected chi connectivity index (χ3v) is 3.56. The topological polar surface area (TPSA) is 26.0 Å². The quantitative estimate of drug-likeness (QED) is 0.777. The molecule has 1 unspecified atom stereocenters. The highest BCUT2D eigenvalue weighted by Gasteiger charge is 2.31. The predicted octanol–water partition coefficient (Wildman–Crippen LogP) is 4.85. The van der Waals surface area contributed by atoms with Crippen molar-refractivity contribution in [1.82, 2.24) is 0 Å². The van der Waals surface area contributed by atoms with Crippen molar-refractivity contribution in [3.63, 3.8) is 0 Å². The largest absolute Gasteiger partial charge is 0.416 e. The van der Waals surface area contributed by atoms with E-state index < -0.39 is 23.6 Å². The van der Waals surface area contributed by atoms with Crippen molar-refractivity contribution < 1.29 is 17.6 Å². The monoisotopic (exact) mass is 361 g/mol. The maximum atomic E-state index is 13.7. The summed E-state index contributed by atoms with van der Waals surface area (Å²) in [5, 5.41) is 0. The van der Waals surface area contributed by atoms with Gasteiger partial charge in [0.25, 0.3) is 0 Å². The summed E-state index contributed by atoms with van der Waals surface area (Å²) >= 11 is 3.30. The Morgan fingerprint density at radius 3 is 2.43 bits per heavy atom.